The van der Waals surface area contributed by atoms with Gasteiger partial charge in [0, 0.05) is 29.2 Å². The van der Waals surface area contributed by atoms with E-state index < -0.39 is 18.0 Å². The number of hydrogen-bond donors (Lipinski definition) is 2. The molecule has 0 aliphatic rings. The summed E-state index contributed by atoms with van der Waals surface area (Å²) < 4.78 is 42.8. The molecular weight excluding hydrogens is 399 g/mol. The van der Waals surface area contributed by atoms with Gasteiger partial charge in [0.1, 0.15) is 5.75 Å². The number of anilines is 2. The Morgan fingerprint density at radius 2 is 1.90 bits per heavy atom. The van der Waals surface area contributed by atoms with Crippen molar-refractivity contribution in [2.24, 2.45) is 0 Å². The van der Waals surface area contributed by atoms with Crippen molar-refractivity contribution in [2.45, 2.75) is 6.36 Å². The quantitative estimate of drug-likeness (QED) is 0.525. The van der Waals surface area contributed by atoms with Crippen molar-refractivity contribution in [3.63, 3.8) is 0 Å². The number of nitrogen functional groups attached to an aromatic ring is 1. The molecule has 0 fully saturated rings. The second-order valence-corrected chi connectivity index (χ2v) is 6.26. The minimum Gasteiger partial charge on any atom is -0.406 e. The number of nitrogens with one attached hydrogen (secondary N) is 1. The standard InChI is InChI=1S/C20H14F3N5O2/c21-20(22,23)30-15-6-2-4-13(10-15)19(29)27-14-5-1-3-12(9-14)16-11-26-18-17(24)25-7-8-28(16)18/h1-11H,(H2,24,25)(H,27,29). The van der Waals surface area contributed by atoms with Crippen LogP contribution in [0, 0.1) is 0 Å². The lowest BCUT2D eigenvalue weighted by Gasteiger charge is -2.11. The van der Waals surface area contributed by atoms with E-state index in [4.69, 9.17) is 5.73 Å². The smallest absolute Gasteiger partial charge is 0.406 e. The Balaban J connectivity index is 1.58. The molecule has 30 heavy (non-hydrogen) atoms. The van der Waals surface area contributed by atoms with Gasteiger partial charge < -0.3 is 15.8 Å². The van der Waals surface area contributed by atoms with E-state index in [9.17, 15) is 18.0 Å². The lowest BCUT2D eigenvalue weighted by molar-refractivity contribution is -0.274. The van der Waals surface area contributed by atoms with Crippen LogP contribution in [0.4, 0.5) is 24.7 Å². The van der Waals surface area contributed by atoms with Crippen molar-refractivity contribution in [3.8, 4) is 17.0 Å². The highest BCUT2D eigenvalue weighted by Crippen LogP contribution is 2.26. The Morgan fingerprint density at radius 3 is 2.70 bits per heavy atom. The van der Waals surface area contributed by atoms with Gasteiger partial charge in [-0.2, -0.15) is 0 Å². The molecule has 0 bridgehead atoms. The predicted molar refractivity (Wildman–Crippen MR) is 104 cm³/mol. The second-order valence-electron chi connectivity index (χ2n) is 6.26. The molecule has 4 rings (SSSR count). The maximum atomic E-state index is 12.5. The van der Waals surface area contributed by atoms with E-state index in [1.54, 1.807) is 41.2 Å². The molecule has 0 radical (unpaired) electrons. The van der Waals surface area contributed by atoms with E-state index in [0.717, 1.165) is 23.4 Å². The predicted octanol–water partition coefficient (Wildman–Crippen LogP) is 4.13. The third kappa shape index (κ3) is 4.02. The average Bonchev–Trinajstić information content (AvgIpc) is 3.13. The minimum atomic E-state index is -4.84. The van der Waals surface area contributed by atoms with Crippen molar-refractivity contribution in [3.05, 3.63) is 72.7 Å². The summed E-state index contributed by atoms with van der Waals surface area (Å²) in [6, 6.07) is 11.8. The number of rotatable bonds is 4. The van der Waals surface area contributed by atoms with Gasteiger partial charge in [0.25, 0.3) is 5.91 Å². The fourth-order valence-electron chi connectivity index (χ4n) is 2.95. The van der Waals surface area contributed by atoms with Gasteiger partial charge in [-0.25, -0.2) is 9.97 Å². The van der Waals surface area contributed by atoms with E-state index in [2.05, 4.69) is 20.0 Å². The van der Waals surface area contributed by atoms with Gasteiger partial charge in [0.05, 0.1) is 11.9 Å². The molecule has 4 aromatic rings. The highest BCUT2D eigenvalue weighted by atomic mass is 19.4. The van der Waals surface area contributed by atoms with Crippen LogP contribution >= 0.6 is 0 Å². The zero-order chi connectivity index (χ0) is 21.3. The highest BCUT2D eigenvalue weighted by molar-refractivity contribution is 6.04. The van der Waals surface area contributed by atoms with E-state index in [1.165, 1.54) is 12.1 Å². The Bertz CT molecular complexity index is 1240. The Morgan fingerprint density at radius 1 is 1.10 bits per heavy atom. The number of nitrogens with zero attached hydrogens (tertiary/aromatic N) is 3. The van der Waals surface area contributed by atoms with Crippen molar-refractivity contribution in [1.29, 1.82) is 0 Å². The first-order valence-corrected chi connectivity index (χ1v) is 8.65. The minimum absolute atomic E-state index is 0.0239. The summed E-state index contributed by atoms with van der Waals surface area (Å²) in [6.45, 7) is 0. The molecule has 0 aliphatic carbocycles. The number of nitrogens with two attached hydrogens (primary N) is 1. The number of alkyl halides is 3. The summed E-state index contributed by atoms with van der Waals surface area (Å²) >= 11 is 0. The van der Waals surface area contributed by atoms with Crippen molar-refractivity contribution in [2.75, 3.05) is 11.1 Å². The number of amides is 1. The number of aromatic nitrogens is 3. The molecule has 0 unspecified atom stereocenters. The summed E-state index contributed by atoms with van der Waals surface area (Å²) in [5, 5.41) is 2.67. The summed E-state index contributed by atoms with van der Waals surface area (Å²) in [4.78, 5) is 20.7. The summed E-state index contributed by atoms with van der Waals surface area (Å²) in [5.74, 6) is -0.763. The molecule has 1 amide bonds. The van der Waals surface area contributed by atoms with Crippen LogP contribution in [-0.2, 0) is 0 Å². The lowest BCUT2D eigenvalue weighted by Crippen LogP contribution is -2.18. The molecule has 2 heterocycles. The Hall–Kier alpha value is -4.08. The fourth-order valence-corrected chi connectivity index (χ4v) is 2.95. The summed E-state index contributed by atoms with van der Waals surface area (Å²) in [6.07, 6.45) is 0.0587. The van der Waals surface area contributed by atoms with Crippen LogP contribution in [0.3, 0.4) is 0 Å². The number of ether oxygens (including phenoxy) is 1. The van der Waals surface area contributed by atoms with Crippen LogP contribution in [0.15, 0.2) is 67.1 Å². The van der Waals surface area contributed by atoms with Crippen LogP contribution in [-0.4, -0.2) is 26.6 Å². The molecule has 10 heteroatoms. The first-order valence-electron chi connectivity index (χ1n) is 8.65. The van der Waals surface area contributed by atoms with E-state index in [0.29, 0.717) is 11.3 Å². The van der Waals surface area contributed by atoms with Gasteiger partial charge in [0.15, 0.2) is 11.5 Å². The zero-order valence-corrected chi connectivity index (χ0v) is 15.2. The second kappa shape index (κ2) is 7.39. The zero-order valence-electron chi connectivity index (χ0n) is 15.2. The first kappa shape index (κ1) is 19.2. The molecule has 0 atom stereocenters. The number of carbonyl (C=O) groups is 1. The Kier molecular flexibility index (Phi) is 4.74. The van der Waals surface area contributed by atoms with Gasteiger partial charge in [-0.15, -0.1) is 13.2 Å². The largest absolute Gasteiger partial charge is 0.573 e. The van der Waals surface area contributed by atoms with Gasteiger partial charge >= 0.3 is 6.36 Å². The van der Waals surface area contributed by atoms with Crippen LogP contribution < -0.4 is 15.8 Å². The first-order chi connectivity index (χ1) is 14.3. The maximum absolute atomic E-state index is 12.5. The van der Waals surface area contributed by atoms with Crippen molar-refractivity contribution >= 4 is 23.1 Å². The molecule has 2 aromatic carbocycles. The number of halogens is 3. The molecule has 0 spiro atoms. The summed E-state index contributed by atoms with van der Waals surface area (Å²) in [5.41, 5.74) is 8.29. The van der Waals surface area contributed by atoms with Gasteiger partial charge in [-0.05, 0) is 30.3 Å². The van der Waals surface area contributed by atoms with E-state index in [-0.39, 0.29) is 11.4 Å². The molecule has 2 aromatic heterocycles. The SMILES string of the molecule is Nc1nccn2c(-c3cccc(NC(=O)c4cccc(OC(F)(F)F)c4)c3)cnc12. The molecule has 7 nitrogen and oxygen atoms in total. The van der Waals surface area contributed by atoms with Crippen LogP contribution in [0.5, 0.6) is 5.75 Å². The molecule has 3 N–H and O–H groups in total. The van der Waals surface area contributed by atoms with Crippen molar-refractivity contribution < 1.29 is 22.7 Å². The van der Waals surface area contributed by atoms with E-state index in [1.807, 2.05) is 6.07 Å². The van der Waals surface area contributed by atoms with Crippen molar-refractivity contribution in [1.82, 2.24) is 14.4 Å². The van der Waals surface area contributed by atoms with Crippen LogP contribution in [0.1, 0.15) is 10.4 Å². The van der Waals surface area contributed by atoms with Gasteiger partial charge in [-0.3, -0.25) is 9.20 Å². The summed E-state index contributed by atoms with van der Waals surface area (Å²) in [7, 11) is 0. The lowest BCUT2D eigenvalue weighted by atomic mass is 10.1. The monoisotopic (exact) mass is 413 g/mol. The maximum Gasteiger partial charge on any atom is 0.573 e. The topological polar surface area (TPSA) is 94.5 Å². The number of benzene rings is 2. The third-order valence-electron chi connectivity index (χ3n) is 4.20. The highest BCUT2D eigenvalue weighted by Gasteiger charge is 2.31. The van der Waals surface area contributed by atoms with Crippen LogP contribution in [0.2, 0.25) is 0 Å². The third-order valence-corrected chi connectivity index (χ3v) is 4.20. The Labute approximate surface area is 167 Å². The molecule has 0 saturated heterocycles. The number of imidazole rings is 1. The average molecular weight is 413 g/mol. The molecule has 152 valence electrons. The number of fused-ring (bicyclic) bond motifs is 1. The van der Waals surface area contributed by atoms with Crippen LogP contribution in [0.25, 0.3) is 16.9 Å². The normalized spacial score (nSPS) is 11.4. The fraction of sp³-hybridized carbons (Fsp3) is 0.0500. The van der Waals surface area contributed by atoms with Gasteiger partial charge in [-0.1, -0.05) is 18.2 Å². The molecule has 0 aliphatic heterocycles. The van der Waals surface area contributed by atoms with E-state index >= 15 is 0 Å². The molecule has 0 saturated carbocycles. The van der Waals surface area contributed by atoms with Gasteiger partial charge in [0.2, 0.25) is 0 Å². The molecular formula is C20H14F3N5O2. The number of hydrogen-bond acceptors (Lipinski definition) is 5. The number of carbonyl (C=O) groups excluding carboxylic acids is 1.